The Balaban J connectivity index is 4.39. The van der Waals surface area contributed by atoms with Crippen molar-refractivity contribution in [1.82, 2.24) is 0 Å². The first kappa shape index (κ1) is 60.7. The summed E-state index contributed by atoms with van der Waals surface area (Å²) in [5, 5.41) is 0. The molecule has 9 nitrogen and oxygen atoms in total. The smallest absolute Gasteiger partial charge is 0.306 e. The van der Waals surface area contributed by atoms with Crippen molar-refractivity contribution in [3.8, 4) is 0 Å². The third kappa shape index (κ3) is 48.1. The molecule has 0 N–H and O–H groups in total. The molecule has 0 rings (SSSR count). The molecule has 0 aromatic rings. The van der Waals surface area contributed by atoms with Crippen LogP contribution in [0.1, 0.15) is 168 Å². The minimum atomic E-state index is -4.65. The molecular formula is C54H90NO8P. The zero-order valence-corrected chi connectivity index (χ0v) is 41.8. The molecule has 0 aromatic heterocycles. The Morgan fingerprint density at radius 3 is 1.38 bits per heavy atom. The summed E-state index contributed by atoms with van der Waals surface area (Å²) >= 11 is 0. The lowest BCUT2D eigenvalue weighted by atomic mass is 10.1. The van der Waals surface area contributed by atoms with Crippen molar-refractivity contribution in [1.29, 1.82) is 0 Å². The number of carbonyl (C=O) groups is 2. The van der Waals surface area contributed by atoms with E-state index in [4.69, 9.17) is 18.5 Å². The second kappa shape index (κ2) is 44.9. The molecule has 0 spiro atoms. The minimum absolute atomic E-state index is 0.0470. The number of ether oxygens (including phenoxy) is 2. The van der Waals surface area contributed by atoms with E-state index in [0.717, 1.165) is 96.3 Å². The van der Waals surface area contributed by atoms with Gasteiger partial charge in [0.05, 0.1) is 27.7 Å². The van der Waals surface area contributed by atoms with Gasteiger partial charge in [-0.15, -0.1) is 0 Å². The molecule has 0 aliphatic heterocycles. The Bertz CT molecular complexity index is 1450. The Morgan fingerprint density at radius 2 is 0.891 bits per heavy atom. The van der Waals surface area contributed by atoms with Crippen molar-refractivity contribution in [2.24, 2.45) is 0 Å². The van der Waals surface area contributed by atoms with E-state index >= 15 is 0 Å². The van der Waals surface area contributed by atoms with Crippen LogP contribution in [0.4, 0.5) is 0 Å². The molecule has 0 aliphatic rings. The summed E-state index contributed by atoms with van der Waals surface area (Å²) in [6.45, 7) is 4.01. The predicted molar refractivity (Wildman–Crippen MR) is 268 cm³/mol. The Morgan fingerprint density at radius 1 is 0.500 bits per heavy atom. The van der Waals surface area contributed by atoms with E-state index < -0.39 is 32.5 Å². The summed E-state index contributed by atoms with van der Waals surface area (Å²) in [5.74, 6) is -0.907. The highest BCUT2D eigenvalue weighted by atomic mass is 31.2. The van der Waals surface area contributed by atoms with Gasteiger partial charge in [-0.1, -0.05) is 162 Å². The van der Waals surface area contributed by atoms with Gasteiger partial charge in [0, 0.05) is 12.8 Å². The molecule has 0 saturated heterocycles. The summed E-state index contributed by atoms with van der Waals surface area (Å²) in [6, 6.07) is 0. The first-order valence-corrected chi connectivity index (χ1v) is 26.1. The number of phosphoric acid groups is 1. The van der Waals surface area contributed by atoms with E-state index in [1.165, 1.54) is 32.1 Å². The molecule has 0 heterocycles. The maximum absolute atomic E-state index is 12.7. The van der Waals surface area contributed by atoms with Crippen LogP contribution < -0.4 is 4.89 Å². The van der Waals surface area contributed by atoms with Gasteiger partial charge in [0.2, 0.25) is 0 Å². The first-order chi connectivity index (χ1) is 31.0. The summed E-state index contributed by atoms with van der Waals surface area (Å²) in [4.78, 5) is 37.6. The summed E-state index contributed by atoms with van der Waals surface area (Å²) in [5.41, 5.74) is 0. The zero-order valence-electron chi connectivity index (χ0n) is 40.9. The average molecular weight is 912 g/mol. The normalized spacial score (nSPS) is 14.4. The van der Waals surface area contributed by atoms with Crippen molar-refractivity contribution < 1.29 is 42.1 Å². The van der Waals surface area contributed by atoms with Crippen LogP contribution in [-0.4, -0.2) is 70.0 Å². The number of hydrogen-bond donors (Lipinski definition) is 0. The van der Waals surface area contributed by atoms with Gasteiger partial charge < -0.3 is 27.9 Å². The molecule has 2 atom stereocenters. The molecule has 0 aromatic carbocycles. The van der Waals surface area contributed by atoms with Gasteiger partial charge in [-0.05, 0) is 103 Å². The summed E-state index contributed by atoms with van der Waals surface area (Å²) in [7, 11) is 1.11. The number of unbranched alkanes of at least 4 members (excludes halogenated alkanes) is 11. The van der Waals surface area contributed by atoms with Crippen LogP contribution in [0.15, 0.2) is 109 Å². The topological polar surface area (TPSA) is 111 Å². The Hall–Kier alpha value is -3.33. The lowest BCUT2D eigenvalue weighted by Gasteiger charge is -2.28. The number of nitrogens with zero attached hydrogens (tertiary/aromatic N) is 1. The fraction of sp³-hybridized carbons (Fsp3) is 0.630. The van der Waals surface area contributed by atoms with Crippen molar-refractivity contribution in [3.63, 3.8) is 0 Å². The van der Waals surface area contributed by atoms with Gasteiger partial charge in [-0.25, -0.2) is 0 Å². The predicted octanol–water partition coefficient (Wildman–Crippen LogP) is 14.1. The molecule has 364 valence electrons. The molecule has 0 radical (unpaired) electrons. The average Bonchev–Trinajstić information content (AvgIpc) is 3.25. The lowest BCUT2D eigenvalue weighted by Crippen LogP contribution is -2.37. The molecular weight excluding hydrogens is 822 g/mol. The van der Waals surface area contributed by atoms with Crippen LogP contribution >= 0.6 is 7.82 Å². The van der Waals surface area contributed by atoms with Crippen LogP contribution in [0.2, 0.25) is 0 Å². The number of allylic oxidation sites excluding steroid dienone is 18. The number of likely N-dealkylation sites (N-methyl/N-ethyl adjacent to an activating group) is 1. The number of hydrogen-bond acceptors (Lipinski definition) is 8. The monoisotopic (exact) mass is 912 g/mol. The van der Waals surface area contributed by atoms with Gasteiger partial charge in [0.25, 0.3) is 7.82 Å². The van der Waals surface area contributed by atoms with E-state index in [-0.39, 0.29) is 26.1 Å². The maximum Gasteiger partial charge on any atom is 0.306 e. The largest absolute Gasteiger partial charge is 0.756 e. The molecule has 0 aliphatic carbocycles. The first-order valence-electron chi connectivity index (χ1n) is 24.6. The number of phosphoric ester groups is 1. The number of esters is 2. The molecule has 0 bridgehead atoms. The van der Waals surface area contributed by atoms with Gasteiger partial charge in [-0.3, -0.25) is 14.2 Å². The molecule has 0 amide bonds. The zero-order chi connectivity index (χ0) is 47.1. The van der Waals surface area contributed by atoms with Crippen LogP contribution in [0.3, 0.4) is 0 Å². The van der Waals surface area contributed by atoms with Gasteiger partial charge >= 0.3 is 11.9 Å². The number of rotatable bonds is 43. The highest BCUT2D eigenvalue weighted by molar-refractivity contribution is 7.45. The standard InChI is InChI=1S/C54H90NO8P/c1-6-8-10-12-14-16-18-20-21-22-23-24-25-26-27-28-29-30-31-32-33-35-37-39-41-43-45-47-54(57)63-52(51-62-64(58,59)61-49-48-55(3,4)5)50-60-53(56)46-44-42-40-38-36-34-19-17-15-13-11-9-7-2/h8,10,14,16-17,19-21,23-24,26-27,29-30,32-33,37,39,52H,6-7,9,11-13,15,18,22,25,28,31,34-36,38,40-51H2,1-5H3/b10-8-,16-14-,19-17-,21-20-,24-23-,27-26-,30-29-,33-32-,39-37-. The van der Waals surface area contributed by atoms with Gasteiger partial charge in [-0.2, -0.15) is 0 Å². The quantitative estimate of drug-likeness (QED) is 0.0195. The second-order valence-corrected chi connectivity index (χ2v) is 18.5. The van der Waals surface area contributed by atoms with Gasteiger partial charge in [0.15, 0.2) is 6.10 Å². The second-order valence-electron chi connectivity index (χ2n) is 17.1. The van der Waals surface area contributed by atoms with Crippen molar-refractivity contribution in [2.45, 2.75) is 174 Å². The summed E-state index contributed by atoms with van der Waals surface area (Å²) in [6.07, 6.45) is 61.3. The lowest BCUT2D eigenvalue weighted by molar-refractivity contribution is -0.870. The molecule has 2 unspecified atom stereocenters. The fourth-order valence-electron chi connectivity index (χ4n) is 5.96. The van der Waals surface area contributed by atoms with Gasteiger partial charge in [0.1, 0.15) is 19.8 Å². The highest BCUT2D eigenvalue weighted by Crippen LogP contribution is 2.38. The summed E-state index contributed by atoms with van der Waals surface area (Å²) < 4.78 is 33.9. The van der Waals surface area contributed by atoms with E-state index in [1.54, 1.807) is 0 Å². The van der Waals surface area contributed by atoms with Crippen LogP contribution in [0, 0.1) is 0 Å². The number of quaternary nitrogens is 1. The third-order valence-corrected chi connectivity index (χ3v) is 10.7. The SMILES string of the molecule is CC/C=C\C/C=C\C/C=C\C/C=C\C/C=C\C/C=C\C/C=C\C/C=C\CCCCC(=O)OC(COC(=O)CCCCCCC/C=C\CCCCCC)COP(=O)([O-])OCC[N+](C)(C)C. The van der Waals surface area contributed by atoms with E-state index in [2.05, 4.69) is 123 Å². The maximum atomic E-state index is 12.7. The van der Waals surface area contributed by atoms with E-state index in [1.807, 2.05) is 21.1 Å². The molecule has 10 heteroatoms. The molecule has 64 heavy (non-hydrogen) atoms. The minimum Gasteiger partial charge on any atom is -0.756 e. The van der Waals surface area contributed by atoms with Crippen molar-refractivity contribution in [2.75, 3.05) is 47.5 Å². The van der Waals surface area contributed by atoms with Crippen LogP contribution in [0.25, 0.3) is 0 Å². The number of carbonyl (C=O) groups excluding carboxylic acids is 2. The van der Waals surface area contributed by atoms with Crippen LogP contribution in [-0.2, 0) is 32.7 Å². The Labute approximate surface area is 391 Å². The molecule has 0 fully saturated rings. The fourth-order valence-corrected chi connectivity index (χ4v) is 6.69. The van der Waals surface area contributed by atoms with Crippen molar-refractivity contribution >= 4 is 19.8 Å². The highest BCUT2D eigenvalue weighted by Gasteiger charge is 2.21. The Kier molecular flexibility index (Phi) is 42.5. The van der Waals surface area contributed by atoms with Crippen molar-refractivity contribution in [3.05, 3.63) is 109 Å². The van der Waals surface area contributed by atoms with E-state index in [9.17, 15) is 19.0 Å². The third-order valence-electron chi connectivity index (χ3n) is 9.78. The van der Waals surface area contributed by atoms with E-state index in [0.29, 0.717) is 23.9 Å². The molecule has 0 saturated carbocycles. The van der Waals surface area contributed by atoms with Crippen LogP contribution in [0.5, 0.6) is 0 Å².